The molecule has 0 amide bonds. The van der Waals surface area contributed by atoms with Crippen LogP contribution < -0.4 is 10.6 Å². The van der Waals surface area contributed by atoms with Gasteiger partial charge in [-0.1, -0.05) is 35.9 Å². The predicted octanol–water partition coefficient (Wildman–Crippen LogP) is 3.45. The number of halogens is 3. The molecule has 0 aliphatic carbocycles. The van der Waals surface area contributed by atoms with Crippen LogP contribution in [0.2, 0.25) is 5.02 Å². The molecule has 2 aromatic rings. The van der Waals surface area contributed by atoms with Crippen LogP contribution in [-0.4, -0.2) is 18.1 Å². The number of aliphatic hydroxyl groups excluding tert-OH is 1. The monoisotopic (exact) mass is 463 g/mol. The lowest BCUT2D eigenvalue weighted by molar-refractivity contribution is 0.275. The fraction of sp³-hybridized carbons (Fsp3) is 0.235. The number of aliphatic imine (C=N–C) groups is 1. The highest BCUT2D eigenvalue weighted by molar-refractivity contribution is 14.0. The quantitative estimate of drug-likeness (QED) is 0.362. The Bertz CT molecular complexity index is 697. The maximum absolute atomic E-state index is 13.4. The Kier molecular flexibility index (Phi) is 9.02. The lowest BCUT2D eigenvalue weighted by atomic mass is 10.1. The molecule has 3 N–H and O–H groups in total. The summed E-state index contributed by atoms with van der Waals surface area (Å²) in [5.41, 5.74) is 2.11. The van der Waals surface area contributed by atoms with Crippen molar-refractivity contribution in [2.24, 2.45) is 4.99 Å². The lowest BCUT2D eigenvalue weighted by Crippen LogP contribution is -2.36. The molecule has 0 aliphatic rings. The summed E-state index contributed by atoms with van der Waals surface area (Å²) in [6, 6.07) is 12.2. The average Bonchev–Trinajstić information content (AvgIpc) is 2.57. The van der Waals surface area contributed by atoms with E-state index in [1.54, 1.807) is 19.2 Å². The number of aliphatic hydroxyl groups is 1. The third-order valence-corrected chi connectivity index (χ3v) is 3.74. The van der Waals surface area contributed by atoms with Crippen LogP contribution in [0.15, 0.2) is 47.5 Å². The van der Waals surface area contributed by atoms with Gasteiger partial charge in [0, 0.05) is 30.7 Å². The summed E-state index contributed by atoms with van der Waals surface area (Å²) in [6.45, 7) is 0.694. The van der Waals surface area contributed by atoms with E-state index in [9.17, 15) is 4.39 Å². The summed E-state index contributed by atoms with van der Waals surface area (Å²) >= 11 is 6.11. The fourth-order valence-electron chi connectivity index (χ4n) is 2.09. The van der Waals surface area contributed by atoms with E-state index in [4.69, 9.17) is 16.7 Å². The SMILES string of the molecule is CN=C(NCc1ccc(F)c(CO)c1)NCc1ccccc1Cl.I. The van der Waals surface area contributed by atoms with Crippen molar-refractivity contribution in [1.82, 2.24) is 10.6 Å². The number of benzene rings is 2. The standard InChI is InChI=1S/C17H19ClFN3O.HI/c1-20-17(22-10-13-4-2-3-5-15(13)18)21-9-12-6-7-16(19)14(8-12)11-23;/h2-8,23H,9-11H2,1H3,(H2,20,21,22);1H. The summed E-state index contributed by atoms with van der Waals surface area (Å²) < 4.78 is 13.4. The number of guanidine groups is 1. The van der Waals surface area contributed by atoms with Crippen molar-refractivity contribution in [2.45, 2.75) is 19.7 Å². The minimum atomic E-state index is -0.405. The summed E-state index contributed by atoms with van der Waals surface area (Å²) in [5, 5.41) is 16.1. The molecule has 0 saturated heterocycles. The van der Waals surface area contributed by atoms with Crippen LogP contribution in [0.3, 0.4) is 0 Å². The maximum Gasteiger partial charge on any atom is 0.191 e. The maximum atomic E-state index is 13.4. The predicted molar refractivity (Wildman–Crippen MR) is 106 cm³/mol. The Morgan fingerprint density at radius 3 is 2.50 bits per heavy atom. The first-order valence-electron chi connectivity index (χ1n) is 7.20. The Balaban J connectivity index is 0.00000288. The number of hydrogen-bond donors (Lipinski definition) is 3. The Morgan fingerprint density at radius 1 is 1.12 bits per heavy atom. The van der Waals surface area contributed by atoms with Gasteiger partial charge in [0.2, 0.25) is 0 Å². The zero-order valence-corrected chi connectivity index (χ0v) is 16.3. The summed E-state index contributed by atoms with van der Waals surface area (Å²) in [6.07, 6.45) is 0. The molecule has 0 heterocycles. The molecule has 7 heteroatoms. The van der Waals surface area contributed by atoms with E-state index in [0.29, 0.717) is 24.1 Å². The van der Waals surface area contributed by atoms with Crippen molar-refractivity contribution in [2.75, 3.05) is 7.05 Å². The van der Waals surface area contributed by atoms with Crippen molar-refractivity contribution in [3.05, 3.63) is 70.0 Å². The molecule has 24 heavy (non-hydrogen) atoms. The van der Waals surface area contributed by atoms with Crippen molar-refractivity contribution < 1.29 is 9.50 Å². The molecule has 0 radical (unpaired) electrons. The lowest BCUT2D eigenvalue weighted by Gasteiger charge is -2.13. The summed E-state index contributed by atoms with van der Waals surface area (Å²) in [4.78, 5) is 4.14. The third kappa shape index (κ3) is 5.92. The first-order valence-corrected chi connectivity index (χ1v) is 7.58. The minimum Gasteiger partial charge on any atom is -0.392 e. The van der Waals surface area contributed by atoms with E-state index in [-0.39, 0.29) is 36.1 Å². The highest BCUT2D eigenvalue weighted by Gasteiger charge is 2.04. The van der Waals surface area contributed by atoms with Crippen molar-refractivity contribution in [1.29, 1.82) is 0 Å². The molecule has 0 aliphatic heterocycles. The molecule has 0 fully saturated rings. The van der Waals surface area contributed by atoms with Gasteiger partial charge in [-0.25, -0.2) is 4.39 Å². The second-order valence-electron chi connectivity index (χ2n) is 4.95. The zero-order chi connectivity index (χ0) is 16.7. The van der Waals surface area contributed by atoms with Gasteiger partial charge >= 0.3 is 0 Å². The molecule has 0 spiro atoms. The highest BCUT2D eigenvalue weighted by atomic mass is 127. The molecule has 0 bridgehead atoms. The molecule has 4 nitrogen and oxygen atoms in total. The molecule has 0 unspecified atom stereocenters. The second-order valence-corrected chi connectivity index (χ2v) is 5.36. The Labute approximate surface area is 163 Å². The Morgan fingerprint density at radius 2 is 1.83 bits per heavy atom. The average molecular weight is 464 g/mol. The van der Waals surface area contributed by atoms with Gasteiger partial charge in [0.15, 0.2) is 5.96 Å². The molecule has 0 atom stereocenters. The van der Waals surface area contributed by atoms with E-state index in [1.165, 1.54) is 6.07 Å². The van der Waals surface area contributed by atoms with Crippen LogP contribution in [-0.2, 0) is 19.7 Å². The van der Waals surface area contributed by atoms with Crippen LogP contribution in [0.1, 0.15) is 16.7 Å². The van der Waals surface area contributed by atoms with E-state index in [1.807, 2.05) is 24.3 Å². The molecule has 0 saturated carbocycles. The number of nitrogens with zero attached hydrogens (tertiary/aromatic N) is 1. The van der Waals surface area contributed by atoms with Crippen molar-refractivity contribution in [3.63, 3.8) is 0 Å². The van der Waals surface area contributed by atoms with Gasteiger partial charge in [-0.15, -0.1) is 24.0 Å². The topological polar surface area (TPSA) is 56.7 Å². The molecule has 2 aromatic carbocycles. The Hall–Kier alpha value is -1.38. The van der Waals surface area contributed by atoms with Gasteiger partial charge in [-0.2, -0.15) is 0 Å². The molecular weight excluding hydrogens is 444 g/mol. The van der Waals surface area contributed by atoms with Crippen molar-refractivity contribution >= 4 is 41.5 Å². The van der Waals surface area contributed by atoms with Gasteiger partial charge in [0.1, 0.15) is 5.82 Å². The van der Waals surface area contributed by atoms with Gasteiger partial charge in [0.25, 0.3) is 0 Å². The highest BCUT2D eigenvalue weighted by Crippen LogP contribution is 2.14. The van der Waals surface area contributed by atoms with Crippen LogP contribution in [0, 0.1) is 5.82 Å². The molecule has 0 aromatic heterocycles. The third-order valence-electron chi connectivity index (χ3n) is 3.37. The fourth-order valence-corrected chi connectivity index (χ4v) is 2.29. The van der Waals surface area contributed by atoms with E-state index < -0.39 is 5.82 Å². The van der Waals surface area contributed by atoms with E-state index >= 15 is 0 Å². The molecule has 130 valence electrons. The molecular formula is C17H20ClFIN3O. The smallest absolute Gasteiger partial charge is 0.191 e. The van der Waals surface area contributed by atoms with Crippen LogP contribution >= 0.6 is 35.6 Å². The van der Waals surface area contributed by atoms with E-state index in [2.05, 4.69) is 15.6 Å². The van der Waals surface area contributed by atoms with Gasteiger partial charge < -0.3 is 15.7 Å². The zero-order valence-electron chi connectivity index (χ0n) is 13.2. The number of nitrogens with one attached hydrogen (secondary N) is 2. The first-order chi connectivity index (χ1) is 11.1. The van der Waals surface area contributed by atoms with Gasteiger partial charge in [-0.05, 0) is 29.3 Å². The number of hydrogen-bond acceptors (Lipinski definition) is 2. The van der Waals surface area contributed by atoms with Gasteiger partial charge in [0.05, 0.1) is 6.61 Å². The second kappa shape index (κ2) is 10.5. The largest absolute Gasteiger partial charge is 0.392 e. The first kappa shape index (κ1) is 20.7. The van der Waals surface area contributed by atoms with Gasteiger partial charge in [-0.3, -0.25) is 4.99 Å². The normalized spacial score (nSPS) is 10.9. The van der Waals surface area contributed by atoms with Crippen molar-refractivity contribution in [3.8, 4) is 0 Å². The van der Waals surface area contributed by atoms with E-state index in [0.717, 1.165) is 11.1 Å². The molecule has 2 rings (SSSR count). The van der Waals surface area contributed by atoms with Crippen LogP contribution in [0.5, 0.6) is 0 Å². The minimum absolute atomic E-state index is 0. The van der Waals surface area contributed by atoms with Crippen LogP contribution in [0.25, 0.3) is 0 Å². The summed E-state index contributed by atoms with van der Waals surface area (Å²) in [5.74, 6) is 0.206. The van der Waals surface area contributed by atoms with Crippen LogP contribution in [0.4, 0.5) is 4.39 Å². The number of rotatable bonds is 5. The summed E-state index contributed by atoms with van der Waals surface area (Å²) in [7, 11) is 1.67.